The number of nitrogens with one attached hydrogen (secondary N) is 2. The van der Waals surface area contributed by atoms with E-state index in [0.29, 0.717) is 17.3 Å². The van der Waals surface area contributed by atoms with Gasteiger partial charge in [0.2, 0.25) is 0 Å². The van der Waals surface area contributed by atoms with Crippen LogP contribution >= 0.6 is 11.6 Å². The Bertz CT molecular complexity index is 1290. The van der Waals surface area contributed by atoms with E-state index in [-0.39, 0.29) is 9.92 Å². The Morgan fingerprint density at radius 2 is 1.70 bits per heavy atom. The molecule has 4 aromatic rings. The molecule has 0 radical (unpaired) electrons. The van der Waals surface area contributed by atoms with Crippen LogP contribution in [0.2, 0.25) is 5.02 Å². The summed E-state index contributed by atoms with van der Waals surface area (Å²) >= 11 is 6.00. The number of benzene rings is 2. The Balaban J connectivity index is 1.50. The lowest BCUT2D eigenvalue weighted by Crippen LogP contribution is -2.13. The summed E-state index contributed by atoms with van der Waals surface area (Å²) in [5.74, 6) is 2.10. The minimum absolute atomic E-state index is 0.0252. The van der Waals surface area contributed by atoms with E-state index in [1.54, 1.807) is 48.7 Å². The second-order valence-electron chi connectivity index (χ2n) is 6.34. The van der Waals surface area contributed by atoms with Gasteiger partial charge < -0.3 is 5.32 Å². The van der Waals surface area contributed by atoms with Crippen molar-refractivity contribution < 1.29 is 8.42 Å². The zero-order valence-corrected chi connectivity index (χ0v) is 17.4. The summed E-state index contributed by atoms with van der Waals surface area (Å²) < 4.78 is 29.5. The van der Waals surface area contributed by atoms with E-state index in [2.05, 4.69) is 25.0 Å². The lowest BCUT2D eigenvalue weighted by Gasteiger charge is -2.11. The molecule has 2 heterocycles. The Morgan fingerprint density at radius 3 is 2.40 bits per heavy atom. The average Bonchev–Trinajstić information content (AvgIpc) is 3.16. The maximum absolute atomic E-state index is 12.5. The largest absolute Gasteiger partial charge is 0.340 e. The molecule has 30 heavy (non-hydrogen) atoms. The monoisotopic (exact) mass is 440 g/mol. The van der Waals surface area contributed by atoms with Gasteiger partial charge in [-0.3, -0.25) is 9.29 Å². The Labute approximate surface area is 178 Å². The van der Waals surface area contributed by atoms with Crippen LogP contribution in [0.15, 0.2) is 78.2 Å². The summed E-state index contributed by atoms with van der Waals surface area (Å²) in [7, 11) is -3.78. The van der Waals surface area contributed by atoms with Gasteiger partial charge in [-0.1, -0.05) is 23.7 Å². The summed E-state index contributed by atoms with van der Waals surface area (Å²) in [6, 6.07) is 14.9. The van der Waals surface area contributed by atoms with Crippen LogP contribution in [0.3, 0.4) is 0 Å². The molecule has 2 N–H and O–H groups in total. The van der Waals surface area contributed by atoms with Crippen molar-refractivity contribution in [1.82, 2.24) is 19.5 Å². The number of aryl methyl sites for hydroxylation is 1. The van der Waals surface area contributed by atoms with Gasteiger partial charge in [0.25, 0.3) is 10.0 Å². The van der Waals surface area contributed by atoms with Crippen LogP contribution in [0.4, 0.5) is 17.2 Å². The molecule has 2 aromatic carbocycles. The Morgan fingerprint density at radius 1 is 0.967 bits per heavy atom. The highest BCUT2D eigenvalue weighted by molar-refractivity contribution is 7.92. The van der Waals surface area contributed by atoms with Crippen molar-refractivity contribution in [3.8, 4) is 5.82 Å². The quantitative estimate of drug-likeness (QED) is 0.466. The van der Waals surface area contributed by atoms with Gasteiger partial charge in [-0.2, -0.15) is 0 Å². The van der Waals surface area contributed by atoms with Gasteiger partial charge in [0.05, 0.1) is 5.02 Å². The fraction of sp³-hybridized carbons (Fsp3) is 0.0500. The number of anilines is 3. The topological polar surface area (TPSA) is 102 Å². The van der Waals surface area contributed by atoms with Crippen molar-refractivity contribution in [2.24, 2.45) is 0 Å². The molecule has 0 saturated carbocycles. The first-order chi connectivity index (χ1) is 14.4. The molecule has 0 aliphatic heterocycles. The first-order valence-electron chi connectivity index (χ1n) is 8.89. The third kappa shape index (κ3) is 4.27. The van der Waals surface area contributed by atoms with Crippen LogP contribution in [-0.2, 0) is 10.0 Å². The van der Waals surface area contributed by atoms with Crippen molar-refractivity contribution in [3.05, 3.63) is 84.2 Å². The molecule has 0 aliphatic carbocycles. The van der Waals surface area contributed by atoms with E-state index in [1.807, 2.05) is 17.7 Å². The summed E-state index contributed by atoms with van der Waals surface area (Å²) in [6.07, 6.45) is 4.98. The van der Waals surface area contributed by atoms with Gasteiger partial charge in [0.15, 0.2) is 0 Å². The predicted octanol–water partition coefficient (Wildman–Crippen LogP) is 4.17. The average molecular weight is 441 g/mol. The minimum Gasteiger partial charge on any atom is -0.340 e. The van der Waals surface area contributed by atoms with Gasteiger partial charge in [-0.05, 0) is 43.3 Å². The highest BCUT2D eigenvalue weighted by Gasteiger charge is 2.17. The van der Waals surface area contributed by atoms with Crippen molar-refractivity contribution >= 4 is 38.8 Å². The van der Waals surface area contributed by atoms with Crippen LogP contribution in [0, 0.1) is 6.92 Å². The highest BCUT2D eigenvalue weighted by Crippen LogP contribution is 2.24. The lowest BCUT2D eigenvalue weighted by molar-refractivity contribution is 0.601. The van der Waals surface area contributed by atoms with Crippen LogP contribution < -0.4 is 10.0 Å². The van der Waals surface area contributed by atoms with E-state index >= 15 is 0 Å². The second kappa shape index (κ2) is 8.13. The van der Waals surface area contributed by atoms with Gasteiger partial charge in [-0.25, -0.2) is 23.4 Å². The van der Waals surface area contributed by atoms with Crippen LogP contribution in [0.1, 0.15) is 5.82 Å². The zero-order chi connectivity index (χ0) is 21.1. The van der Waals surface area contributed by atoms with Gasteiger partial charge in [0.1, 0.15) is 28.7 Å². The van der Waals surface area contributed by atoms with Crippen molar-refractivity contribution in [3.63, 3.8) is 0 Å². The van der Waals surface area contributed by atoms with Crippen LogP contribution in [0.25, 0.3) is 5.82 Å². The number of aromatic nitrogens is 4. The molecule has 0 fully saturated rings. The Hall–Kier alpha value is -3.43. The fourth-order valence-electron chi connectivity index (χ4n) is 2.81. The molecule has 0 aliphatic rings. The smallest absolute Gasteiger partial charge is 0.263 e. The lowest BCUT2D eigenvalue weighted by atomic mass is 10.3. The number of sulfonamides is 1. The van der Waals surface area contributed by atoms with E-state index in [4.69, 9.17) is 11.6 Å². The van der Waals surface area contributed by atoms with Crippen molar-refractivity contribution in [1.29, 1.82) is 0 Å². The first kappa shape index (κ1) is 19.9. The summed E-state index contributed by atoms with van der Waals surface area (Å²) in [5, 5.41) is 3.34. The first-order valence-corrected chi connectivity index (χ1v) is 10.8. The normalized spacial score (nSPS) is 11.3. The molecule has 0 unspecified atom stereocenters. The highest BCUT2D eigenvalue weighted by atomic mass is 35.5. The van der Waals surface area contributed by atoms with E-state index in [9.17, 15) is 8.42 Å². The molecule has 10 heteroatoms. The molecule has 0 amide bonds. The molecule has 2 aromatic heterocycles. The van der Waals surface area contributed by atoms with E-state index in [1.165, 1.54) is 18.5 Å². The number of hydrogen-bond acceptors (Lipinski definition) is 6. The third-order valence-corrected chi connectivity index (χ3v) is 6.14. The zero-order valence-electron chi connectivity index (χ0n) is 15.8. The van der Waals surface area contributed by atoms with Crippen molar-refractivity contribution in [2.75, 3.05) is 10.0 Å². The summed E-state index contributed by atoms with van der Waals surface area (Å²) in [5.41, 5.74) is 1.15. The molecular weight excluding hydrogens is 424 g/mol. The predicted molar refractivity (Wildman–Crippen MR) is 116 cm³/mol. The van der Waals surface area contributed by atoms with Gasteiger partial charge in [0, 0.05) is 29.8 Å². The summed E-state index contributed by atoms with van der Waals surface area (Å²) in [4.78, 5) is 12.7. The maximum Gasteiger partial charge on any atom is 0.263 e. The van der Waals surface area contributed by atoms with Crippen molar-refractivity contribution in [2.45, 2.75) is 11.8 Å². The van der Waals surface area contributed by atoms with Crippen LogP contribution in [-0.4, -0.2) is 27.9 Å². The molecule has 4 rings (SSSR count). The third-order valence-electron chi connectivity index (χ3n) is 4.26. The number of imidazole rings is 1. The molecule has 0 bridgehead atoms. The maximum atomic E-state index is 12.5. The number of rotatable bonds is 6. The van der Waals surface area contributed by atoms with Gasteiger partial charge in [-0.15, -0.1) is 0 Å². The molecule has 0 spiro atoms. The second-order valence-corrected chi connectivity index (χ2v) is 8.40. The molecule has 8 nitrogen and oxygen atoms in total. The number of hydrogen-bond donors (Lipinski definition) is 2. The SMILES string of the molecule is Cc1nccn1-c1cc(Nc2ccc(NS(=O)(=O)c3ccccc3Cl)cc2)ncn1. The standard InChI is InChI=1S/C20H17ClN6O2S/c1-14-22-10-11-27(14)20-12-19(23-13-24-20)25-15-6-8-16(9-7-15)26-30(28,29)18-5-3-2-4-17(18)21/h2-13,26H,1H3,(H,23,24,25). The van der Waals surface area contributed by atoms with Gasteiger partial charge >= 0.3 is 0 Å². The number of halogens is 1. The fourth-order valence-corrected chi connectivity index (χ4v) is 4.39. The minimum atomic E-state index is -3.78. The summed E-state index contributed by atoms with van der Waals surface area (Å²) in [6.45, 7) is 1.89. The number of nitrogens with zero attached hydrogens (tertiary/aromatic N) is 4. The molecule has 0 atom stereocenters. The van der Waals surface area contributed by atoms with Crippen LogP contribution in [0.5, 0.6) is 0 Å². The molecular formula is C20H17ClN6O2S. The Kier molecular flexibility index (Phi) is 5.39. The molecule has 0 saturated heterocycles. The molecule has 152 valence electrons. The van der Waals surface area contributed by atoms with E-state index in [0.717, 1.165) is 11.5 Å². The van der Waals surface area contributed by atoms with E-state index < -0.39 is 10.0 Å².